The molecule has 0 unspecified atom stereocenters. The smallest absolute Gasteiger partial charge is 0.208 e. The van der Waals surface area contributed by atoms with Crippen LogP contribution in [0, 0.1) is 0 Å². The second-order valence-electron chi connectivity index (χ2n) is 2.50. The van der Waals surface area contributed by atoms with Crippen molar-refractivity contribution in [2.45, 2.75) is 0 Å². The highest BCUT2D eigenvalue weighted by molar-refractivity contribution is 7.88. The highest BCUT2D eigenvalue weighted by atomic mass is 35.5. The number of sulfonamides is 1. The molecule has 0 atom stereocenters. The van der Waals surface area contributed by atoms with E-state index < -0.39 is 10.0 Å². The normalized spacial score (nSPS) is 11.6. The lowest BCUT2D eigenvalue weighted by Crippen LogP contribution is -2.27. The van der Waals surface area contributed by atoms with Crippen molar-refractivity contribution in [1.82, 2.24) is 13.5 Å². The van der Waals surface area contributed by atoms with Crippen LogP contribution < -0.4 is 10.0 Å². The molecule has 6 nitrogen and oxygen atoms in total. The summed E-state index contributed by atoms with van der Waals surface area (Å²) in [6.07, 6.45) is 1.10. The molecule has 0 aliphatic rings. The monoisotopic (exact) mass is 256 g/mol. The first kappa shape index (κ1) is 11.6. The third-order valence-electron chi connectivity index (χ3n) is 1.23. The predicted molar refractivity (Wildman–Crippen MR) is 56.3 cm³/mol. The minimum absolute atomic E-state index is 0.284. The van der Waals surface area contributed by atoms with Gasteiger partial charge in [0, 0.05) is 13.1 Å². The van der Waals surface area contributed by atoms with Gasteiger partial charge >= 0.3 is 0 Å². The van der Waals surface area contributed by atoms with Gasteiger partial charge in [-0.05, 0) is 0 Å². The van der Waals surface area contributed by atoms with E-state index in [9.17, 15) is 8.42 Å². The van der Waals surface area contributed by atoms with Gasteiger partial charge in [-0.2, -0.15) is 8.75 Å². The van der Waals surface area contributed by atoms with Gasteiger partial charge in [-0.25, -0.2) is 13.1 Å². The van der Waals surface area contributed by atoms with Crippen LogP contribution in [-0.2, 0) is 10.0 Å². The van der Waals surface area contributed by atoms with Gasteiger partial charge in [0.25, 0.3) is 0 Å². The maximum atomic E-state index is 10.7. The quantitative estimate of drug-likeness (QED) is 0.733. The number of rotatable bonds is 5. The topological polar surface area (TPSA) is 84.0 Å². The van der Waals surface area contributed by atoms with Crippen LogP contribution in [0.15, 0.2) is 0 Å². The van der Waals surface area contributed by atoms with E-state index in [0.29, 0.717) is 17.5 Å². The second-order valence-corrected chi connectivity index (χ2v) is 5.22. The molecule has 0 radical (unpaired) electrons. The van der Waals surface area contributed by atoms with Crippen LogP contribution in [0.25, 0.3) is 0 Å². The summed E-state index contributed by atoms with van der Waals surface area (Å²) in [5, 5.41) is 3.14. The lowest BCUT2D eigenvalue weighted by atomic mass is 10.6. The van der Waals surface area contributed by atoms with Gasteiger partial charge in [0.15, 0.2) is 11.0 Å². The highest BCUT2D eigenvalue weighted by Gasteiger charge is 2.04. The average Bonchev–Trinajstić information content (AvgIpc) is 2.44. The SMILES string of the molecule is CS(=O)(=O)NCCNc1nsnc1Cl. The third kappa shape index (κ3) is 4.18. The molecule has 80 valence electrons. The molecule has 0 saturated carbocycles. The number of nitrogens with zero attached hydrogens (tertiary/aromatic N) is 2. The van der Waals surface area contributed by atoms with Gasteiger partial charge in [0.1, 0.15) is 0 Å². The Morgan fingerprint density at radius 1 is 1.43 bits per heavy atom. The predicted octanol–water partition coefficient (Wildman–Crippen LogP) is 0.153. The zero-order valence-electron chi connectivity index (χ0n) is 7.32. The third-order valence-corrected chi connectivity index (χ3v) is 2.85. The highest BCUT2D eigenvalue weighted by Crippen LogP contribution is 2.16. The molecule has 1 aromatic heterocycles. The minimum Gasteiger partial charge on any atom is -0.365 e. The maximum absolute atomic E-state index is 10.7. The standard InChI is InChI=1S/C5H9ClN4O2S2/c1-14(11,12)8-3-2-7-5-4(6)9-13-10-5/h8H,2-3H2,1H3,(H,7,10). The first-order valence-electron chi connectivity index (χ1n) is 3.65. The molecule has 0 bridgehead atoms. The summed E-state index contributed by atoms with van der Waals surface area (Å²) in [7, 11) is -3.13. The van der Waals surface area contributed by atoms with Crippen LogP contribution in [-0.4, -0.2) is 36.5 Å². The Morgan fingerprint density at radius 2 is 2.14 bits per heavy atom. The molecule has 2 N–H and O–H groups in total. The van der Waals surface area contributed by atoms with Gasteiger partial charge in [-0.1, -0.05) is 11.6 Å². The van der Waals surface area contributed by atoms with Crippen LogP contribution in [0.5, 0.6) is 0 Å². The maximum Gasteiger partial charge on any atom is 0.208 e. The Hall–Kier alpha value is -0.440. The zero-order valence-corrected chi connectivity index (χ0v) is 9.71. The molecular formula is C5H9ClN4O2S2. The fourth-order valence-corrected chi connectivity index (χ4v) is 1.86. The molecule has 14 heavy (non-hydrogen) atoms. The van der Waals surface area contributed by atoms with E-state index in [1.165, 1.54) is 0 Å². The summed E-state index contributed by atoms with van der Waals surface area (Å²) >= 11 is 6.64. The molecule has 0 amide bonds. The van der Waals surface area contributed by atoms with Crippen LogP contribution in [0.4, 0.5) is 5.82 Å². The van der Waals surface area contributed by atoms with E-state index in [-0.39, 0.29) is 6.54 Å². The zero-order chi connectivity index (χ0) is 10.6. The van der Waals surface area contributed by atoms with Crippen LogP contribution in [0.2, 0.25) is 5.15 Å². The van der Waals surface area contributed by atoms with Crippen molar-refractivity contribution in [2.24, 2.45) is 0 Å². The van der Waals surface area contributed by atoms with Gasteiger partial charge in [0.2, 0.25) is 10.0 Å². The minimum atomic E-state index is -3.13. The van der Waals surface area contributed by atoms with Crippen molar-refractivity contribution in [2.75, 3.05) is 24.7 Å². The Labute approximate surface area is 91.1 Å². The van der Waals surface area contributed by atoms with Crippen molar-refractivity contribution < 1.29 is 8.42 Å². The van der Waals surface area contributed by atoms with Gasteiger partial charge in [0.05, 0.1) is 18.0 Å². The van der Waals surface area contributed by atoms with E-state index in [4.69, 9.17) is 11.6 Å². The van der Waals surface area contributed by atoms with Crippen LogP contribution >= 0.6 is 23.3 Å². The largest absolute Gasteiger partial charge is 0.365 e. The van der Waals surface area contributed by atoms with E-state index in [0.717, 1.165) is 18.0 Å². The van der Waals surface area contributed by atoms with Crippen molar-refractivity contribution >= 4 is 39.2 Å². The summed E-state index contributed by atoms with van der Waals surface area (Å²) in [4.78, 5) is 0. The number of aromatic nitrogens is 2. The van der Waals surface area contributed by atoms with Crippen molar-refractivity contribution in [3.05, 3.63) is 5.15 Å². The molecule has 9 heteroatoms. The van der Waals surface area contributed by atoms with E-state index in [1.54, 1.807) is 0 Å². The number of nitrogens with one attached hydrogen (secondary N) is 2. The Morgan fingerprint density at radius 3 is 2.64 bits per heavy atom. The molecular weight excluding hydrogens is 248 g/mol. The molecule has 1 heterocycles. The van der Waals surface area contributed by atoms with E-state index >= 15 is 0 Å². The number of hydrogen-bond donors (Lipinski definition) is 2. The molecule has 0 aliphatic carbocycles. The fourth-order valence-electron chi connectivity index (χ4n) is 0.701. The van der Waals surface area contributed by atoms with Gasteiger partial charge in [-0.15, -0.1) is 0 Å². The van der Waals surface area contributed by atoms with Crippen molar-refractivity contribution in [3.8, 4) is 0 Å². The summed E-state index contributed by atoms with van der Waals surface area (Å²) in [6, 6.07) is 0. The fraction of sp³-hybridized carbons (Fsp3) is 0.600. The Balaban J connectivity index is 2.26. The van der Waals surface area contributed by atoms with E-state index in [1.807, 2.05) is 0 Å². The summed E-state index contributed by atoms with van der Waals surface area (Å²) in [5.74, 6) is 0.479. The van der Waals surface area contributed by atoms with Crippen molar-refractivity contribution in [3.63, 3.8) is 0 Å². The Kier molecular flexibility index (Phi) is 4.05. The molecule has 0 fully saturated rings. The molecule has 0 aromatic carbocycles. The molecule has 1 rings (SSSR count). The molecule has 0 spiro atoms. The average molecular weight is 257 g/mol. The van der Waals surface area contributed by atoms with Crippen molar-refractivity contribution in [1.29, 1.82) is 0 Å². The number of anilines is 1. The van der Waals surface area contributed by atoms with E-state index in [2.05, 4.69) is 18.8 Å². The summed E-state index contributed by atoms with van der Waals surface area (Å²) in [5.41, 5.74) is 0. The van der Waals surface area contributed by atoms with Gasteiger partial charge < -0.3 is 5.32 Å². The lowest BCUT2D eigenvalue weighted by Gasteiger charge is -2.03. The number of halogens is 1. The van der Waals surface area contributed by atoms with Crippen LogP contribution in [0.3, 0.4) is 0 Å². The summed E-state index contributed by atoms with van der Waals surface area (Å²) < 4.78 is 31.3. The Bertz CT molecular complexity index is 390. The van der Waals surface area contributed by atoms with Crippen LogP contribution in [0.1, 0.15) is 0 Å². The lowest BCUT2D eigenvalue weighted by molar-refractivity contribution is 0.589. The summed E-state index contributed by atoms with van der Waals surface area (Å²) in [6.45, 7) is 0.699. The first-order valence-corrected chi connectivity index (χ1v) is 6.65. The molecule has 0 aliphatic heterocycles. The number of hydrogen-bond acceptors (Lipinski definition) is 6. The van der Waals surface area contributed by atoms with Gasteiger partial charge in [-0.3, -0.25) is 0 Å². The molecule has 1 aromatic rings. The first-order chi connectivity index (χ1) is 6.49. The second kappa shape index (κ2) is 4.87. The molecule has 0 saturated heterocycles.